The molecule has 2 aromatic carbocycles. The summed E-state index contributed by atoms with van der Waals surface area (Å²) in [5.74, 6) is 0.721. The summed E-state index contributed by atoms with van der Waals surface area (Å²) in [4.78, 5) is 12.3. The predicted octanol–water partition coefficient (Wildman–Crippen LogP) is 3.25. The first-order valence-electron chi connectivity index (χ1n) is 9.70. The van der Waals surface area contributed by atoms with Crippen molar-refractivity contribution in [2.24, 2.45) is 15.8 Å². The third kappa shape index (κ3) is 6.97. The van der Waals surface area contributed by atoms with E-state index in [1.54, 1.807) is 6.07 Å². The normalized spacial score (nSPS) is 17.2. The maximum atomic E-state index is 8.58. The second-order valence-electron chi connectivity index (χ2n) is 6.95. The van der Waals surface area contributed by atoms with Gasteiger partial charge in [0.15, 0.2) is 0 Å². The van der Waals surface area contributed by atoms with Crippen LogP contribution in [-0.4, -0.2) is 56.3 Å². The van der Waals surface area contributed by atoms with Gasteiger partial charge >= 0.3 is 0 Å². The Labute approximate surface area is 187 Å². The van der Waals surface area contributed by atoms with Gasteiger partial charge in [0.25, 0.3) is 0 Å². The number of aliphatic imine (C=N–C) groups is 1. The first kappa shape index (κ1) is 24.2. The zero-order chi connectivity index (χ0) is 22.8. The Balaban J connectivity index is 0.000000238. The molecule has 166 valence electrons. The number of nitrogens with zero attached hydrogens (tertiary/aromatic N) is 3. The molecule has 31 heavy (non-hydrogen) atoms. The lowest BCUT2D eigenvalue weighted by Gasteiger charge is -2.27. The van der Waals surface area contributed by atoms with Crippen molar-refractivity contribution in [3.63, 3.8) is 0 Å². The van der Waals surface area contributed by atoms with E-state index in [4.69, 9.17) is 31.6 Å². The number of ether oxygens (including phenoxy) is 2. The fourth-order valence-corrected chi connectivity index (χ4v) is 3.01. The van der Waals surface area contributed by atoms with Crippen LogP contribution in [0.1, 0.15) is 18.9 Å². The van der Waals surface area contributed by atoms with Crippen LogP contribution >= 0.6 is 11.6 Å². The molecule has 2 aromatic rings. The topological polar surface area (TPSA) is 116 Å². The number of primary amides is 1. The Bertz CT molecular complexity index is 918. The summed E-state index contributed by atoms with van der Waals surface area (Å²) < 4.78 is 10.8. The van der Waals surface area contributed by atoms with Crippen LogP contribution in [0.5, 0.6) is 5.75 Å². The molecule has 8 nitrogen and oxygen atoms in total. The van der Waals surface area contributed by atoms with Crippen molar-refractivity contribution in [1.82, 2.24) is 5.01 Å². The van der Waals surface area contributed by atoms with Gasteiger partial charge in [-0.2, -0.15) is 5.10 Å². The van der Waals surface area contributed by atoms with Crippen molar-refractivity contribution in [2.75, 3.05) is 26.0 Å². The van der Waals surface area contributed by atoms with Gasteiger partial charge < -0.3 is 20.9 Å². The highest BCUT2D eigenvalue weighted by Crippen LogP contribution is 2.29. The van der Waals surface area contributed by atoms with Crippen molar-refractivity contribution in [1.29, 1.82) is 0 Å². The Hall–Kier alpha value is -3.10. The third-order valence-electron chi connectivity index (χ3n) is 4.68. The number of carbonyl (C=O) groups is 1. The number of hydrogen-bond donors (Lipinski definition) is 2. The summed E-state index contributed by atoms with van der Waals surface area (Å²) >= 11 is 6.27. The largest absolute Gasteiger partial charge is 0.484 e. The molecule has 2 aliphatic heterocycles. The Kier molecular flexibility index (Phi) is 9.30. The molecule has 0 radical (unpaired) electrons. The maximum absolute atomic E-state index is 8.58. The molecule has 0 aromatic heterocycles. The monoisotopic (exact) mass is 445 g/mol. The molecule has 1 amide bonds. The quantitative estimate of drug-likeness (QED) is 0.425. The molecule has 1 atom stereocenters. The summed E-state index contributed by atoms with van der Waals surface area (Å²) in [6, 6.07) is 13.7. The highest BCUT2D eigenvalue weighted by atomic mass is 35.5. The average molecular weight is 446 g/mol. The summed E-state index contributed by atoms with van der Waals surface area (Å²) in [5, 5.41) is 7.15. The first-order valence-corrected chi connectivity index (χ1v) is 10.1. The van der Waals surface area contributed by atoms with Crippen molar-refractivity contribution in [2.45, 2.75) is 25.5 Å². The standard InChI is InChI=1S/C14H17ClN2O2.C7H8N2.CH3NO/c1-9-5-13(16-17(9)2)10-3-4-14(12(15)6-10)19-11-7-18-8-11;1-9-7-5-3-2-4-6(7)8;2-1-3/h3-4,6,9,11H,5,7-8H2,1-2H3;2-5H,1,8H2;1H,(H2,2,3). The number of rotatable bonds is 4. The molecule has 0 saturated carbocycles. The van der Waals surface area contributed by atoms with Gasteiger partial charge in [0.1, 0.15) is 11.9 Å². The van der Waals surface area contributed by atoms with E-state index in [1.165, 1.54) is 0 Å². The van der Waals surface area contributed by atoms with E-state index >= 15 is 0 Å². The van der Waals surface area contributed by atoms with Crippen molar-refractivity contribution in [3.8, 4) is 5.75 Å². The number of benzene rings is 2. The maximum Gasteiger partial charge on any atom is 0.204 e. The molecule has 4 N–H and O–H groups in total. The number of anilines is 1. The van der Waals surface area contributed by atoms with Crippen molar-refractivity contribution < 1.29 is 14.3 Å². The molecule has 1 saturated heterocycles. The Morgan fingerprint density at radius 1 is 1.32 bits per heavy atom. The van der Waals surface area contributed by atoms with Gasteiger partial charge in [-0.15, -0.1) is 0 Å². The van der Waals surface area contributed by atoms with Crippen LogP contribution < -0.4 is 16.2 Å². The minimum absolute atomic E-state index is 0.137. The Morgan fingerprint density at radius 3 is 2.45 bits per heavy atom. The number of carbonyl (C=O) groups excluding carboxylic acids is 1. The molecular weight excluding hydrogens is 418 g/mol. The molecule has 0 spiro atoms. The number of hydrazone groups is 1. The molecule has 1 fully saturated rings. The first-order chi connectivity index (χ1) is 14.9. The fourth-order valence-electron chi connectivity index (χ4n) is 2.79. The van der Waals surface area contributed by atoms with Crippen LogP contribution in [0.4, 0.5) is 11.4 Å². The van der Waals surface area contributed by atoms with Crippen molar-refractivity contribution in [3.05, 3.63) is 53.1 Å². The van der Waals surface area contributed by atoms with E-state index in [0.29, 0.717) is 30.0 Å². The van der Waals surface area contributed by atoms with E-state index < -0.39 is 0 Å². The number of para-hydroxylation sites is 2. The lowest BCUT2D eigenvalue weighted by molar-refractivity contribution is -0.106. The van der Waals surface area contributed by atoms with Gasteiger partial charge in [-0.25, -0.2) is 0 Å². The lowest BCUT2D eigenvalue weighted by Crippen LogP contribution is -2.38. The smallest absolute Gasteiger partial charge is 0.204 e. The van der Waals surface area contributed by atoms with Gasteiger partial charge in [-0.1, -0.05) is 23.7 Å². The number of nitrogens with two attached hydrogens (primary N) is 2. The SMILES string of the molecule is C=Nc1ccccc1N.CC1CC(c2ccc(OC3COC3)c(Cl)c2)=NN1C.NC=O. The summed E-state index contributed by atoms with van der Waals surface area (Å²) in [6.45, 7) is 6.81. The second-order valence-corrected chi connectivity index (χ2v) is 7.36. The van der Waals surface area contributed by atoms with Gasteiger partial charge in [0.05, 0.1) is 35.3 Å². The van der Waals surface area contributed by atoms with Crippen molar-refractivity contribution >= 4 is 41.8 Å². The minimum atomic E-state index is 0.137. The zero-order valence-electron chi connectivity index (χ0n) is 17.7. The lowest BCUT2D eigenvalue weighted by atomic mass is 10.0. The molecule has 9 heteroatoms. The molecule has 1 unspecified atom stereocenters. The van der Waals surface area contributed by atoms with E-state index in [9.17, 15) is 0 Å². The highest BCUT2D eigenvalue weighted by molar-refractivity contribution is 6.32. The summed E-state index contributed by atoms with van der Waals surface area (Å²) in [5.41, 5.74) is 13.2. The summed E-state index contributed by atoms with van der Waals surface area (Å²) in [7, 11) is 1.99. The molecule has 0 bridgehead atoms. The van der Waals surface area contributed by atoms with Crippen LogP contribution in [0.25, 0.3) is 0 Å². The minimum Gasteiger partial charge on any atom is -0.484 e. The fraction of sp³-hybridized carbons (Fsp3) is 0.318. The van der Waals surface area contributed by atoms with Gasteiger partial charge in [0, 0.05) is 19.5 Å². The van der Waals surface area contributed by atoms with E-state index in [-0.39, 0.29) is 12.5 Å². The zero-order valence-corrected chi connectivity index (χ0v) is 18.5. The predicted molar refractivity (Wildman–Crippen MR) is 125 cm³/mol. The van der Waals surface area contributed by atoms with E-state index in [2.05, 4.69) is 29.5 Å². The van der Waals surface area contributed by atoms with Crippen LogP contribution in [0.3, 0.4) is 0 Å². The van der Waals surface area contributed by atoms with Gasteiger partial charge in [-0.3, -0.25) is 14.8 Å². The number of hydrogen-bond acceptors (Lipinski definition) is 7. The molecule has 2 aliphatic rings. The Morgan fingerprint density at radius 2 is 2.00 bits per heavy atom. The highest BCUT2D eigenvalue weighted by Gasteiger charge is 2.23. The summed E-state index contributed by atoms with van der Waals surface area (Å²) in [6.07, 6.45) is 1.34. The van der Waals surface area contributed by atoms with E-state index in [1.807, 2.05) is 48.5 Å². The molecule has 0 aliphatic carbocycles. The van der Waals surface area contributed by atoms with E-state index in [0.717, 1.165) is 29.1 Å². The third-order valence-corrected chi connectivity index (χ3v) is 4.97. The van der Waals surface area contributed by atoms with Crippen LogP contribution in [0.2, 0.25) is 5.02 Å². The van der Waals surface area contributed by atoms with Crippen LogP contribution in [-0.2, 0) is 9.53 Å². The number of halogens is 1. The molecule has 2 heterocycles. The average Bonchev–Trinajstić information content (AvgIpc) is 3.06. The second kappa shape index (κ2) is 11.9. The number of amides is 1. The van der Waals surface area contributed by atoms with Gasteiger partial charge in [-0.05, 0) is 49.5 Å². The van der Waals surface area contributed by atoms with Crippen LogP contribution in [0, 0.1) is 0 Å². The van der Waals surface area contributed by atoms with Crippen LogP contribution in [0.15, 0.2) is 52.6 Å². The number of nitrogen functional groups attached to an aromatic ring is 1. The molecule has 4 rings (SSSR count). The van der Waals surface area contributed by atoms with Gasteiger partial charge in [0.2, 0.25) is 6.41 Å². The molecular formula is C22H28ClN5O3.